The van der Waals surface area contributed by atoms with Crippen molar-refractivity contribution >= 4 is 23.6 Å². The largest absolute Gasteiger partial charge is 0.505 e. The quantitative estimate of drug-likeness (QED) is 0.497. The molecule has 0 saturated heterocycles. The summed E-state index contributed by atoms with van der Waals surface area (Å²) in [4.78, 5) is 23.7. The number of para-hydroxylation sites is 1. The lowest BCUT2D eigenvalue weighted by molar-refractivity contribution is -0.111. The lowest BCUT2D eigenvalue weighted by atomic mass is 10.1. The van der Waals surface area contributed by atoms with Crippen LogP contribution in [0.4, 0.5) is 5.69 Å². The van der Waals surface area contributed by atoms with E-state index in [9.17, 15) is 14.7 Å². The minimum atomic E-state index is -0.689. The normalized spacial score (nSPS) is 12.7. The molecule has 3 rings (SSSR count). The molecule has 0 unspecified atom stereocenters. The molecule has 26 heavy (non-hydrogen) atoms. The Bertz CT molecular complexity index is 874. The molecular formula is C19H17NO6. The Kier molecular flexibility index (Phi) is 5.07. The van der Waals surface area contributed by atoms with Gasteiger partial charge < -0.3 is 24.6 Å². The molecule has 0 aromatic heterocycles. The smallest absolute Gasteiger partial charge is 0.341 e. The van der Waals surface area contributed by atoms with Crippen LogP contribution >= 0.6 is 0 Å². The van der Waals surface area contributed by atoms with Crippen molar-refractivity contribution in [3.05, 3.63) is 53.6 Å². The molecule has 0 bridgehead atoms. The van der Waals surface area contributed by atoms with E-state index in [1.54, 1.807) is 24.3 Å². The number of hydrogen-bond donors (Lipinski definition) is 2. The highest BCUT2D eigenvalue weighted by Gasteiger charge is 2.15. The van der Waals surface area contributed by atoms with Crippen LogP contribution in [-0.4, -0.2) is 37.3 Å². The van der Waals surface area contributed by atoms with E-state index in [2.05, 4.69) is 10.1 Å². The molecule has 0 radical (unpaired) electrons. The average molecular weight is 355 g/mol. The van der Waals surface area contributed by atoms with Crippen molar-refractivity contribution in [1.82, 2.24) is 0 Å². The van der Waals surface area contributed by atoms with Crippen molar-refractivity contribution in [2.45, 2.75) is 0 Å². The monoisotopic (exact) mass is 355 g/mol. The number of phenols is 1. The number of rotatable bonds is 4. The number of methoxy groups -OCH3 is 1. The molecule has 2 N–H and O–H groups in total. The fraction of sp³-hybridized carbons (Fsp3) is 0.158. The molecule has 1 aliphatic rings. The van der Waals surface area contributed by atoms with Crippen molar-refractivity contribution in [2.24, 2.45) is 0 Å². The van der Waals surface area contributed by atoms with E-state index in [1.165, 1.54) is 31.4 Å². The van der Waals surface area contributed by atoms with Crippen LogP contribution in [0.3, 0.4) is 0 Å². The SMILES string of the molecule is COC(=O)c1cccc(NC(=O)/C=C\c2ccc3c(c2)OCCO3)c1O. The Morgan fingerprint density at radius 1 is 1.15 bits per heavy atom. The van der Waals surface area contributed by atoms with Crippen molar-refractivity contribution in [1.29, 1.82) is 0 Å². The van der Waals surface area contributed by atoms with Crippen LogP contribution in [0.25, 0.3) is 6.08 Å². The maximum absolute atomic E-state index is 12.1. The summed E-state index contributed by atoms with van der Waals surface area (Å²) < 4.78 is 15.5. The van der Waals surface area contributed by atoms with Crippen LogP contribution in [0.1, 0.15) is 15.9 Å². The molecule has 134 valence electrons. The lowest BCUT2D eigenvalue weighted by Crippen LogP contribution is -2.15. The van der Waals surface area contributed by atoms with E-state index < -0.39 is 11.9 Å². The van der Waals surface area contributed by atoms with Crippen LogP contribution in [0.15, 0.2) is 42.5 Å². The molecule has 2 aromatic carbocycles. The molecule has 0 saturated carbocycles. The minimum absolute atomic E-state index is 0.0267. The molecule has 1 amide bonds. The highest BCUT2D eigenvalue weighted by Crippen LogP contribution is 2.31. The summed E-state index contributed by atoms with van der Waals surface area (Å²) >= 11 is 0. The van der Waals surface area contributed by atoms with Gasteiger partial charge in [0, 0.05) is 6.08 Å². The number of carbonyl (C=O) groups excluding carboxylic acids is 2. The summed E-state index contributed by atoms with van der Waals surface area (Å²) in [6.45, 7) is 0.995. The summed E-state index contributed by atoms with van der Waals surface area (Å²) in [5, 5.41) is 12.6. The molecule has 1 aliphatic heterocycles. The van der Waals surface area contributed by atoms with Gasteiger partial charge in [-0.1, -0.05) is 12.1 Å². The predicted molar refractivity (Wildman–Crippen MR) is 94.5 cm³/mol. The number of phenolic OH excluding ortho intramolecular Hbond substituents is 1. The van der Waals surface area contributed by atoms with E-state index in [1.807, 2.05) is 0 Å². The van der Waals surface area contributed by atoms with Crippen molar-refractivity contribution in [3.63, 3.8) is 0 Å². The fourth-order valence-electron chi connectivity index (χ4n) is 2.43. The van der Waals surface area contributed by atoms with Crippen LogP contribution < -0.4 is 14.8 Å². The molecule has 0 fully saturated rings. The first-order chi connectivity index (χ1) is 12.6. The van der Waals surface area contributed by atoms with Gasteiger partial charge in [-0.3, -0.25) is 4.79 Å². The topological polar surface area (TPSA) is 94.1 Å². The van der Waals surface area contributed by atoms with E-state index in [4.69, 9.17) is 9.47 Å². The molecule has 7 nitrogen and oxygen atoms in total. The molecule has 2 aromatic rings. The van der Waals surface area contributed by atoms with Crippen LogP contribution in [0, 0.1) is 0 Å². The number of amides is 1. The first-order valence-corrected chi connectivity index (χ1v) is 7.87. The number of fused-ring (bicyclic) bond motifs is 1. The third kappa shape index (κ3) is 3.77. The Balaban J connectivity index is 1.71. The van der Waals surface area contributed by atoms with Gasteiger partial charge in [0.25, 0.3) is 0 Å². The Morgan fingerprint density at radius 3 is 2.69 bits per heavy atom. The zero-order valence-corrected chi connectivity index (χ0v) is 14.0. The third-order valence-corrected chi connectivity index (χ3v) is 3.69. The molecule has 1 heterocycles. The average Bonchev–Trinajstić information content (AvgIpc) is 2.67. The highest BCUT2D eigenvalue weighted by atomic mass is 16.6. The fourth-order valence-corrected chi connectivity index (χ4v) is 2.43. The molecule has 0 atom stereocenters. The maximum Gasteiger partial charge on any atom is 0.341 e. The zero-order chi connectivity index (χ0) is 18.5. The second-order valence-corrected chi connectivity index (χ2v) is 5.42. The summed E-state index contributed by atoms with van der Waals surface area (Å²) in [6.07, 6.45) is 2.92. The Labute approximate surface area is 149 Å². The van der Waals surface area contributed by atoms with Gasteiger partial charge in [-0.15, -0.1) is 0 Å². The molecule has 7 heteroatoms. The van der Waals surface area contributed by atoms with E-state index in [-0.39, 0.29) is 17.0 Å². The van der Waals surface area contributed by atoms with E-state index >= 15 is 0 Å². The van der Waals surface area contributed by atoms with Gasteiger partial charge in [0.05, 0.1) is 12.8 Å². The van der Waals surface area contributed by atoms with Crippen molar-refractivity contribution in [2.75, 3.05) is 25.6 Å². The number of aromatic hydroxyl groups is 1. The van der Waals surface area contributed by atoms with E-state index in [0.717, 1.165) is 5.56 Å². The van der Waals surface area contributed by atoms with Gasteiger partial charge in [0.15, 0.2) is 17.2 Å². The van der Waals surface area contributed by atoms with Gasteiger partial charge in [0.2, 0.25) is 5.91 Å². The van der Waals surface area contributed by atoms with Crippen molar-refractivity contribution < 1.29 is 28.9 Å². The van der Waals surface area contributed by atoms with Crippen LogP contribution in [-0.2, 0) is 9.53 Å². The van der Waals surface area contributed by atoms with Gasteiger partial charge in [-0.25, -0.2) is 4.79 Å². The zero-order valence-electron chi connectivity index (χ0n) is 14.0. The second-order valence-electron chi connectivity index (χ2n) is 5.42. The summed E-state index contributed by atoms with van der Waals surface area (Å²) in [6, 6.07) is 9.77. The summed E-state index contributed by atoms with van der Waals surface area (Å²) in [5.74, 6) is -0.201. The van der Waals surface area contributed by atoms with Gasteiger partial charge >= 0.3 is 5.97 Å². The standard InChI is InChI=1S/C19H17NO6/c1-24-19(23)13-3-2-4-14(18(13)22)20-17(21)8-6-12-5-7-15-16(11-12)26-10-9-25-15/h2-8,11,22H,9-10H2,1H3,(H,20,21)/b8-6-. The van der Waals surface area contributed by atoms with E-state index in [0.29, 0.717) is 24.7 Å². The third-order valence-electron chi connectivity index (χ3n) is 3.69. The molecular weight excluding hydrogens is 338 g/mol. The minimum Gasteiger partial charge on any atom is -0.505 e. The first-order valence-electron chi connectivity index (χ1n) is 7.87. The summed E-state index contributed by atoms with van der Waals surface area (Å²) in [5.41, 5.74) is 0.850. The predicted octanol–water partition coefficient (Wildman–Crippen LogP) is 2.60. The molecule has 0 aliphatic carbocycles. The number of benzene rings is 2. The van der Waals surface area contributed by atoms with Gasteiger partial charge in [0.1, 0.15) is 18.8 Å². The first kappa shape index (κ1) is 17.3. The number of anilines is 1. The molecule has 0 spiro atoms. The van der Waals surface area contributed by atoms with Crippen LogP contribution in [0.5, 0.6) is 17.2 Å². The second kappa shape index (κ2) is 7.60. The number of carbonyl (C=O) groups is 2. The van der Waals surface area contributed by atoms with Gasteiger partial charge in [-0.2, -0.15) is 0 Å². The van der Waals surface area contributed by atoms with Crippen LogP contribution in [0.2, 0.25) is 0 Å². The number of ether oxygens (including phenoxy) is 3. The maximum atomic E-state index is 12.1. The lowest BCUT2D eigenvalue weighted by Gasteiger charge is -2.18. The number of esters is 1. The number of hydrogen-bond acceptors (Lipinski definition) is 6. The van der Waals surface area contributed by atoms with Gasteiger partial charge in [-0.05, 0) is 35.9 Å². The Morgan fingerprint density at radius 2 is 1.92 bits per heavy atom. The van der Waals surface area contributed by atoms with Crippen molar-refractivity contribution in [3.8, 4) is 17.2 Å². The highest BCUT2D eigenvalue weighted by molar-refractivity contribution is 6.04. The number of nitrogens with one attached hydrogen (secondary N) is 1. The Hall–Kier alpha value is -3.48. The summed E-state index contributed by atoms with van der Waals surface area (Å²) in [7, 11) is 1.21.